The van der Waals surface area contributed by atoms with E-state index >= 15 is 0 Å². The van der Waals surface area contributed by atoms with Crippen LogP contribution in [0.5, 0.6) is 5.75 Å². The van der Waals surface area contributed by atoms with Crippen molar-refractivity contribution in [3.8, 4) is 5.75 Å². The van der Waals surface area contributed by atoms with Crippen LogP contribution in [0.3, 0.4) is 0 Å². The molecule has 156 valence electrons. The van der Waals surface area contributed by atoms with E-state index in [9.17, 15) is 17.6 Å². The number of benzene rings is 3. The maximum atomic E-state index is 13.9. The number of hydrogen-bond acceptors (Lipinski definition) is 4. The molecule has 2 N–H and O–H groups in total. The van der Waals surface area contributed by atoms with Crippen molar-refractivity contribution in [1.82, 2.24) is 4.72 Å². The summed E-state index contributed by atoms with van der Waals surface area (Å²) >= 11 is 0. The fraction of sp³-hybridized carbons (Fsp3) is 0.136. The van der Waals surface area contributed by atoms with Crippen LogP contribution >= 0.6 is 0 Å². The Kier molecular flexibility index (Phi) is 6.81. The highest BCUT2D eigenvalue weighted by Crippen LogP contribution is 2.28. The number of sulfonamides is 1. The smallest absolute Gasteiger partial charge is 0.258 e. The largest absolute Gasteiger partial charge is 0.495 e. The van der Waals surface area contributed by atoms with Crippen LogP contribution in [0.4, 0.5) is 10.1 Å². The second kappa shape index (κ2) is 9.51. The molecule has 3 aromatic carbocycles. The van der Waals surface area contributed by atoms with Gasteiger partial charge in [-0.2, -0.15) is 0 Å². The lowest BCUT2D eigenvalue weighted by Gasteiger charge is -2.13. The van der Waals surface area contributed by atoms with Gasteiger partial charge in [0.1, 0.15) is 11.6 Å². The zero-order valence-electron chi connectivity index (χ0n) is 16.3. The van der Waals surface area contributed by atoms with Crippen molar-refractivity contribution in [2.45, 2.75) is 11.3 Å². The number of amides is 1. The quantitative estimate of drug-likeness (QED) is 0.574. The molecule has 6 nitrogen and oxygen atoms in total. The number of anilines is 1. The number of hydrogen-bond donors (Lipinski definition) is 2. The number of carbonyl (C=O) groups is 1. The lowest BCUT2D eigenvalue weighted by Crippen LogP contribution is -2.26. The first-order chi connectivity index (χ1) is 14.4. The highest BCUT2D eigenvalue weighted by Gasteiger charge is 2.19. The van der Waals surface area contributed by atoms with E-state index in [4.69, 9.17) is 4.74 Å². The van der Waals surface area contributed by atoms with Gasteiger partial charge in [-0.1, -0.05) is 42.5 Å². The molecule has 0 aliphatic rings. The monoisotopic (exact) mass is 428 g/mol. The molecule has 0 radical (unpaired) electrons. The molecule has 1 amide bonds. The number of ether oxygens (including phenoxy) is 1. The Morgan fingerprint density at radius 1 is 1.00 bits per heavy atom. The highest BCUT2D eigenvalue weighted by atomic mass is 32.2. The molecule has 0 atom stereocenters. The first-order valence-electron chi connectivity index (χ1n) is 9.18. The normalized spacial score (nSPS) is 11.1. The van der Waals surface area contributed by atoms with Crippen molar-refractivity contribution in [1.29, 1.82) is 0 Å². The van der Waals surface area contributed by atoms with E-state index in [1.165, 1.54) is 49.6 Å². The van der Waals surface area contributed by atoms with Gasteiger partial charge in [0.15, 0.2) is 0 Å². The third-order valence-electron chi connectivity index (χ3n) is 4.40. The Morgan fingerprint density at radius 2 is 1.70 bits per heavy atom. The minimum Gasteiger partial charge on any atom is -0.495 e. The van der Waals surface area contributed by atoms with Crippen molar-refractivity contribution in [3.05, 3.63) is 89.7 Å². The molecule has 0 saturated carbocycles. The molecule has 3 aromatic rings. The van der Waals surface area contributed by atoms with Crippen LogP contribution in [-0.2, 0) is 16.4 Å². The molecule has 0 fully saturated rings. The van der Waals surface area contributed by atoms with Crippen molar-refractivity contribution in [3.63, 3.8) is 0 Å². The maximum Gasteiger partial charge on any atom is 0.258 e. The van der Waals surface area contributed by atoms with Crippen LogP contribution < -0.4 is 14.8 Å². The summed E-state index contributed by atoms with van der Waals surface area (Å²) in [6.07, 6.45) is 0.535. The molecule has 0 aromatic heterocycles. The second-order valence-electron chi connectivity index (χ2n) is 6.43. The standard InChI is InChI=1S/C22H21FN2O4S/c1-29-21-12-11-17(30(27,28)24-14-13-16-7-3-2-4-8-16)15-20(21)25-22(26)18-9-5-6-10-19(18)23/h2-12,15,24H,13-14H2,1H3,(H,25,26). The van der Waals surface area contributed by atoms with Gasteiger partial charge in [0.2, 0.25) is 10.0 Å². The van der Waals surface area contributed by atoms with Crippen LogP contribution in [0.25, 0.3) is 0 Å². The molecular weight excluding hydrogens is 407 g/mol. The maximum absolute atomic E-state index is 13.9. The van der Waals surface area contributed by atoms with Crippen LogP contribution in [0, 0.1) is 5.82 Å². The summed E-state index contributed by atoms with van der Waals surface area (Å²) in [6.45, 7) is 0.218. The average Bonchev–Trinajstić information content (AvgIpc) is 2.74. The molecule has 0 unspecified atom stereocenters. The second-order valence-corrected chi connectivity index (χ2v) is 8.20. The van der Waals surface area contributed by atoms with Crippen molar-refractivity contribution in [2.24, 2.45) is 0 Å². The predicted molar refractivity (Wildman–Crippen MR) is 113 cm³/mol. The first kappa shape index (κ1) is 21.5. The zero-order valence-corrected chi connectivity index (χ0v) is 17.1. The third-order valence-corrected chi connectivity index (χ3v) is 5.86. The van der Waals surface area contributed by atoms with Gasteiger partial charge in [0.05, 0.1) is 23.3 Å². The molecule has 0 bridgehead atoms. The van der Waals surface area contributed by atoms with Crippen LogP contribution in [-0.4, -0.2) is 28.0 Å². The van der Waals surface area contributed by atoms with E-state index in [-0.39, 0.29) is 28.4 Å². The molecule has 0 heterocycles. The fourth-order valence-electron chi connectivity index (χ4n) is 2.84. The van der Waals surface area contributed by atoms with Gasteiger partial charge in [-0.25, -0.2) is 17.5 Å². The fourth-order valence-corrected chi connectivity index (χ4v) is 3.90. The van der Waals surface area contributed by atoms with E-state index < -0.39 is 21.7 Å². The van der Waals surface area contributed by atoms with Gasteiger partial charge >= 0.3 is 0 Å². The van der Waals surface area contributed by atoms with E-state index in [0.29, 0.717) is 6.42 Å². The average molecular weight is 428 g/mol. The van der Waals surface area contributed by atoms with E-state index in [1.54, 1.807) is 0 Å². The summed E-state index contributed by atoms with van der Waals surface area (Å²) < 4.78 is 46.9. The van der Waals surface area contributed by atoms with Gasteiger partial charge in [-0.3, -0.25) is 4.79 Å². The predicted octanol–water partition coefficient (Wildman–Crippen LogP) is 3.61. The van der Waals surface area contributed by atoms with Gasteiger partial charge in [-0.05, 0) is 42.3 Å². The lowest BCUT2D eigenvalue weighted by molar-refractivity contribution is 0.102. The first-order valence-corrected chi connectivity index (χ1v) is 10.7. The summed E-state index contributed by atoms with van der Waals surface area (Å²) in [5.41, 5.74) is 0.971. The SMILES string of the molecule is COc1ccc(S(=O)(=O)NCCc2ccccc2)cc1NC(=O)c1ccccc1F. The number of rotatable bonds is 8. The number of halogens is 1. The van der Waals surface area contributed by atoms with Crippen molar-refractivity contribution in [2.75, 3.05) is 19.0 Å². The van der Waals surface area contributed by atoms with Crippen LogP contribution in [0.1, 0.15) is 15.9 Å². The summed E-state index contributed by atoms with van der Waals surface area (Å²) in [7, 11) is -2.43. The molecule has 30 heavy (non-hydrogen) atoms. The summed E-state index contributed by atoms with van der Waals surface area (Å²) in [5.74, 6) is -1.14. The minimum absolute atomic E-state index is 0.0415. The molecule has 0 spiro atoms. The van der Waals surface area contributed by atoms with Gasteiger partial charge in [-0.15, -0.1) is 0 Å². The Morgan fingerprint density at radius 3 is 2.40 bits per heavy atom. The molecule has 3 rings (SSSR count). The van der Waals surface area contributed by atoms with Gasteiger partial charge in [0.25, 0.3) is 5.91 Å². The summed E-state index contributed by atoms with van der Waals surface area (Å²) in [5, 5.41) is 2.52. The zero-order chi connectivity index (χ0) is 21.6. The Hall–Kier alpha value is -3.23. The van der Waals surface area contributed by atoms with Crippen LogP contribution in [0.15, 0.2) is 77.7 Å². The topological polar surface area (TPSA) is 84.5 Å². The Bertz CT molecular complexity index is 1130. The summed E-state index contributed by atoms with van der Waals surface area (Å²) in [4.78, 5) is 12.4. The molecule has 0 saturated heterocycles. The minimum atomic E-state index is -3.82. The molecule has 8 heteroatoms. The summed E-state index contributed by atoms with van der Waals surface area (Å²) in [6, 6.07) is 19.1. The third kappa shape index (κ3) is 5.22. The molecular formula is C22H21FN2O4S. The van der Waals surface area contributed by atoms with E-state index in [1.807, 2.05) is 30.3 Å². The van der Waals surface area contributed by atoms with Crippen molar-refractivity contribution < 1.29 is 22.3 Å². The molecule has 0 aliphatic heterocycles. The molecule has 0 aliphatic carbocycles. The van der Waals surface area contributed by atoms with Gasteiger partial charge < -0.3 is 10.1 Å². The van der Waals surface area contributed by atoms with E-state index in [2.05, 4.69) is 10.0 Å². The van der Waals surface area contributed by atoms with Crippen LogP contribution in [0.2, 0.25) is 0 Å². The number of methoxy groups -OCH3 is 1. The highest BCUT2D eigenvalue weighted by molar-refractivity contribution is 7.89. The Balaban J connectivity index is 1.77. The number of nitrogens with one attached hydrogen (secondary N) is 2. The van der Waals surface area contributed by atoms with Gasteiger partial charge in [0, 0.05) is 6.54 Å². The Labute approximate surface area is 174 Å². The van der Waals surface area contributed by atoms with Crippen molar-refractivity contribution >= 4 is 21.6 Å². The lowest BCUT2D eigenvalue weighted by atomic mass is 10.2. The number of carbonyl (C=O) groups excluding carboxylic acids is 1. The van der Waals surface area contributed by atoms with E-state index in [0.717, 1.165) is 5.56 Å².